The van der Waals surface area contributed by atoms with Crippen molar-refractivity contribution in [3.8, 4) is 5.69 Å². The van der Waals surface area contributed by atoms with E-state index in [0.717, 1.165) is 11.4 Å². The lowest BCUT2D eigenvalue weighted by Gasteiger charge is -2.17. The molecule has 1 aliphatic heterocycles. The second-order valence-corrected chi connectivity index (χ2v) is 7.14. The molecule has 3 aromatic rings. The van der Waals surface area contributed by atoms with Gasteiger partial charge in [-0.3, -0.25) is 9.59 Å². The number of carbonyl (C=O) groups excluding carboxylic acids is 2. The minimum absolute atomic E-state index is 0.0467. The predicted molar refractivity (Wildman–Crippen MR) is 109 cm³/mol. The minimum Gasteiger partial charge on any atom is -0.323 e. The lowest BCUT2D eigenvalue weighted by atomic mass is 10.1. The Labute approximate surface area is 167 Å². The average Bonchev–Trinajstić information content (AvgIpc) is 3.24. The number of rotatable bonds is 4. The standard InChI is InChI=1S/C22H21FN4O2/c1-14-21(15(2)27(25-14)17-8-4-3-5-9-17)24-22(29)16-12-20(28)26(13-16)19-11-7-6-10-18(19)23/h3-11,16H,12-13H2,1-2H3,(H,24,29). The zero-order chi connectivity index (χ0) is 20.5. The molecule has 1 aromatic heterocycles. The van der Waals surface area contributed by atoms with Crippen LogP contribution in [0.15, 0.2) is 54.6 Å². The summed E-state index contributed by atoms with van der Waals surface area (Å²) in [7, 11) is 0. The van der Waals surface area contributed by atoms with E-state index in [-0.39, 0.29) is 30.5 Å². The molecule has 4 rings (SSSR count). The first kappa shape index (κ1) is 18.9. The number of nitrogens with one attached hydrogen (secondary N) is 1. The van der Waals surface area contributed by atoms with Crippen molar-refractivity contribution < 1.29 is 14.0 Å². The monoisotopic (exact) mass is 392 g/mol. The Balaban J connectivity index is 1.53. The Morgan fingerprint density at radius 1 is 1.10 bits per heavy atom. The number of anilines is 2. The number of hydrogen-bond acceptors (Lipinski definition) is 3. The second kappa shape index (κ2) is 7.50. The molecule has 2 amide bonds. The summed E-state index contributed by atoms with van der Waals surface area (Å²) in [6.45, 7) is 3.86. The molecule has 0 spiro atoms. The molecule has 7 heteroatoms. The van der Waals surface area contributed by atoms with E-state index in [2.05, 4.69) is 10.4 Å². The highest BCUT2D eigenvalue weighted by Gasteiger charge is 2.36. The lowest BCUT2D eigenvalue weighted by Crippen LogP contribution is -2.28. The first-order valence-electron chi connectivity index (χ1n) is 9.43. The van der Waals surface area contributed by atoms with Gasteiger partial charge >= 0.3 is 0 Å². The van der Waals surface area contributed by atoms with Crippen LogP contribution in [0, 0.1) is 25.6 Å². The van der Waals surface area contributed by atoms with Crippen molar-refractivity contribution in [2.45, 2.75) is 20.3 Å². The zero-order valence-corrected chi connectivity index (χ0v) is 16.2. The third-order valence-corrected chi connectivity index (χ3v) is 5.18. The molecule has 1 fully saturated rings. The molecule has 29 heavy (non-hydrogen) atoms. The quantitative estimate of drug-likeness (QED) is 0.737. The van der Waals surface area contributed by atoms with Crippen LogP contribution < -0.4 is 10.2 Å². The SMILES string of the molecule is Cc1nn(-c2ccccc2)c(C)c1NC(=O)C1CC(=O)N(c2ccccc2F)C1. The smallest absolute Gasteiger partial charge is 0.229 e. The number of benzene rings is 2. The van der Waals surface area contributed by atoms with Gasteiger partial charge in [-0.1, -0.05) is 30.3 Å². The van der Waals surface area contributed by atoms with Crippen LogP contribution in [0.2, 0.25) is 0 Å². The third kappa shape index (κ3) is 3.51. The fourth-order valence-corrected chi connectivity index (χ4v) is 3.66. The summed E-state index contributed by atoms with van der Waals surface area (Å²) in [5.74, 6) is -1.56. The van der Waals surface area contributed by atoms with Gasteiger partial charge in [0.25, 0.3) is 0 Å². The van der Waals surface area contributed by atoms with E-state index in [9.17, 15) is 14.0 Å². The topological polar surface area (TPSA) is 67.2 Å². The maximum Gasteiger partial charge on any atom is 0.229 e. The number of nitrogens with zero attached hydrogens (tertiary/aromatic N) is 3. The number of para-hydroxylation sites is 2. The first-order valence-corrected chi connectivity index (χ1v) is 9.43. The second-order valence-electron chi connectivity index (χ2n) is 7.14. The summed E-state index contributed by atoms with van der Waals surface area (Å²) in [4.78, 5) is 26.6. The summed E-state index contributed by atoms with van der Waals surface area (Å²) in [6.07, 6.45) is 0.0467. The highest BCUT2D eigenvalue weighted by Crippen LogP contribution is 2.29. The van der Waals surface area contributed by atoms with Crippen LogP contribution in [0.5, 0.6) is 0 Å². The van der Waals surface area contributed by atoms with Crippen LogP contribution in [-0.4, -0.2) is 28.1 Å². The maximum absolute atomic E-state index is 14.1. The summed E-state index contributed by atoms with van der Waals surface area (Å²) in [6, 6.07) is 15.7. The highest BCUT2D eigenvalue weighted by molar-refractivity contribution is 6.03. The van der Waals surface area contributed by atoms with Crippen LogP contribution in [0.25, 0.3) is 5.69 Å². The molecule has 1 N–H and O–H groups in total. The Bertz CT molecular complexity index is 1080. The molecule has 1 unspecified atom stereocenters. The Morgan fingerprint density at radius 3 is 2.52 bits per heavy atom. The molecule has 0 radical (unpaired) electrons. The van der Waals surface area contributed by atoms with E-state index in [1.54, 1.807) is 22.9 Å². The fourth-order valence-electron chi connectivity index (χ4n) is 3.66. The van der Waals surface area contributed by atoms with Gasteiger partial charge in [-0.05, 0) is 38.1 Å². The molecule has 2 heterocycles. The van der Waals surface area contributed by atoms with Crippen LogP contribution in [0.4, 0.5) is 15.8 Å². The van der Waals surface area contributed by atoms with Crippen molar-refractivity contribution in [3.63, 3.8) is 0 Å². The Morgan fingerprint density at radius 2 is 1.79 bits per heavy atom. The van der Waals surface area contributed by atoms with Gasteiger partial charge in [0, 0.05) is 13.0 Å². The van der Waals surface area contributed by atoms with Gasteiger partial charge in [-0.15, -0.1) is 0 Å². The summed E-state index contributed by atoms with van der Waals surface area (Å²) in [5, 5.41) is 7.45. The van der Waals surface area contributed by atoms with Crippen molar-refractivity contribution in [3.05, 3.63) is 71.8 Å². The first-order chi connectivity index (χ1) is 14.0. The van der Waals surface area contributed by atoms with Crippen molar-refractivity contribution >= 4 is 23.2 Å². The van der Waals surface area contributed by atoms with Crippen LogP contribution in [0.1, 0.15) is 17.8 Å². The van der Waals surface area contributed by atoms with Gasteiger partial charge in [-0.25, -0.2) is 9.07 Å². The van der Waals surface area contributed by atoms with Gasteiger partial charge in [0.15, 0.2) is 0 Å². The van der Waals surface area contributed by atoms with Gasteiger partial charge in [0.05, 0.1) is 34.4 Å². The van der Waals surface area contributed by atoms with E-state index in [4.69, 9.17) is 0 Å². The van der Waals surface area contributed by atoms with Crippen LogP contribution in [0.3, 0.4) is 0 Å². The number of aryl methyl sites for hydroxylation is 1. The Kier molecular flexibility index (Phi) is 4.88. The molecule has 0 aliphatic carbocycles. The van der Waals surface area contributed by atoms with E-state index in [1.807, 2.05) is 44.2 Å². The molecule has 1 aliphatic rings. The van der Waals surface area contributed by atoms with Crippen LogP contribution in [-0.2, 0) is 9.59 Å². The van der Waals surface area contributed by atoms with Gasteiger partial charge in [0.1, 0.15) is 5.82 Å². The van der Waals surface area contributed by atoms with Crippen LogP contribution >= 0.6 is 0 Å². The van der Waals surface area contributed by atoms with E-state index < -0.39 is 11.7 Å². The molecule has 0 saturated carbocycles. The number of hydrogen-bond donors (Lipinski definition) is 1. The van der Waals surface area contributed by atoms with Crippen molar-refractivity contribution in [1.29, 1.82) is 0 Å². The summed E-state index contributed by atoms with van der Waals surface area (Å²) < 4.78 is 15.8. The van der Waals surface area contributed by atoms with E-state index in [0.29, 0.717) is 11.4 Å². The average molecular weight is 392 g/mol. The summed E-state index contributed by atoms with van der Waals surface area (Å²) in [5.41, 5.74) is 3.23. The minimum atomic E-state index is -0.555. The molecule has 2 aromatic carbocycles. The van der Waals surface area contributed by atoms with Crippen molar-refractivity contribution in [1.82, 2.24) is 9.78 Å². The molecule has 1 atom stereocenters. The molecule has 6 nitrogen and oxygen atoms in total. The maximum atomic E-state index is 14.1. The van der Waals surface area contributed by atoms with E-state index in [1.165, 1.54) is 11.0 Å². The molecular weight excluding hydrogens is 371 g/mol. The predicted octanol–water partition coefficient (Wildman–Crippen LogP) is 3.62. The van der Waals surface area contributed by atoms with Crippen molar-refractivity contribution in [2.24, 2.45) is 5.92 Å². The zero-order valence-electron chi connectivity index (χ0n) is 16.2. The fraction of sp³-hybridized carbons (Fsp3) is 0.227. The number of amides is 2. The summed E-state index contributed by atoms with van der Waals surface area (Å²) >= 11 is 0. The molecular formula is C22H21FN4O2. The van der Waals surface area contributed by atoms with Gasteiger partial charge in [0.2, 0.25) is 11.8 Å². The molecule has 1 saturated heterocycles. The highest BCUT2D eigenvalue weighted by atomic mass is 19.1. The van der Waals surface area contributed by atoms with Gasteiger partial charge in [-0.2, -0.15) is 5.10 Å². The van der Waals surface area contributed by atoms with Crippen molar-refractivity contribution in [2.75, 3.05) is 16.8 Å². The number of aromatic nitrogens is 2. The molecule has 148 valence electrons. The Hall–Kier alpha value is -3.48. The normalized spacial score (nSPS) is 16.3. The number of carbonyl (C=O) groups is 2. The molecule has 0 bridgehead atoms. The lowest BCUT2D eigenvalue weighted by molar-refractivity contribution is -0.122. The third-order valence-electron chi connectivity index (χ3n) is 5.18. The largest absolute Gasteiger partial charge is 0.323 e. The van der Waals surface area contributed by atoms with E-state index >= 15 is 0 Å². The number of halogens is 1. The van der Waals surface area contributed by atoms with Gasteiger partial charge < -0.3 is 10.2 Å².